The van der Waals surface area contributed by atoms with Crippen LogP contribution in [0.5, 0.6) is 0 Å². The monoisotopic (exact) mass is 308 g/mol. The fourth-order valence-electron chi connectivity index (χ4n) is 2.14. The first-order valence-corrected chi connectivity index (χ1v) is 7.45. The van der Waals surface area contributed by atoms with E-state index in [1.807, 2.05) is 30.3 Å². The van der Waals surface area contributed by atoms with Crippen LogP contribution in [-0.4, -0.2) is 0 Å². The predicted octanol–water partition coefficient (Wildman–Crippen LogP) is 5.70. The van der Waals surface area contributed by atoms with Crippen molar-refractivity contribution in [1.29, 1.82) is 0 Å². The number of hydrogen-bond donors (Lipinski definition) is 0. The van der Waals surface area contributed by atoms with Crippen molar-refractivity contribution in [1.82, 2.24) is 0 Å². The zero-order valence-corrected chi connectivity index (χ0v) is 12.0. The van der Waals surface area contributed by atoms with E-state index < -0.39 is 11.6 Å². The van der Waals surface area contributed by atoms with Gasteiger partial charge in [0.1, 0.15) is 11.6 Å². The maximum atomic E-state index is 13.6. The largest absolute Gasteiger partial charge is 0.207 e. The lowest BCUT2D eigenvalue weighted by atomic mass is 10.1. The van der Waals surface area contributed by atoms with Crippen LogP contribution in [0, 0.1) is 11.6 Å². The highest BCUT2D eigenvalue weighted by atomic mass is 35.5. The van der Waals surface area contributed by atoms with E-state index in [2.05, 4.69) is 0 Å². The Hall–Kier alpha value is -1.45. The molecule has 2 aromatic carbocycles. The van der Waals surface area contributed by atoms with Crippen LogP contribution in [0.15, 0.2) is 48.5 Å². The minimum absolute atomic E-state index is 0.313. The maximum Gasteiger partial charge on any atom is 0.129 e. The number of fused-ring (bicyclic) bond motifs is 1. The molecular weight excluding hydrogens is 298 g/mol. The SMILES string of the molecule is Fc1ccc(CC(Cl)c2cc3ccccc3s2)c(F)c1. The second kappa shape index (κ2) is 5.51. The molecule has 0 aliphatic heterocycles. The first kappa shape index (κ1) is 13.5. The Morgan fingerprint density at radius 2 is 1.85 bits per heavy atom. The second-order valence-corrected chi connectivity index (χ2v) is 6.24. The molecule has 1 unspecified atom stereocenters. The highest BCUT2D eigenvalue weighted by Crippen LogP contribution is 2.35. The van der Waals surface area contributed by atoms with Gasteiger partial charge in [-0.2, -0.15) is 0 Å². The summed E-state index contributed by atoms with van der Waals surface area (Å²) in [6, 6.07) is 13.6. The molecule has 0 aliphatic rings. The smallest absolute Gasteiger partial charge is 0.129 e. The van der Waals surface area contributed by atoms with Gasteiger partial charge in [-0.05, 0) is 35.6 Å². The van der Waals surface area contributed by atoms with Crippen molar-refractivity contribution in [2.75, 3.05) is 0 Å². The van der Waals surface area contributed by atoms with Crippen molar-refractivity contribution in [3.05, 3.63) is 70.6 Å². The fourth-order valence-corrected chi connectivity index (χ4v) is 3.54. The number of halogens is 3. The van der Waals surface area contributed by atoms with Crippen LogP contribution >= 0.6 is 22.9 Å². The quantitative estimate of drug-likeness (QED) is 0.544. The molecule has 0 nitrogen and oxygen atoms in total. The van der Waals surface area contributed by atoms with Crippen molar-refractivity contribution >= 4 is 33.0 Å². The summed E-state index contributed by atoms with van der Waals surface area (Å²) < 4.78 is 27.7. The van der Waals surface area contributed by atoms with E-state index in [1.165, 1.54) is 12.1 Å². The zero-order chi connectivity index (χ0) is 14.1. The number of rotatable bonds is 3. The minimum atomic E-state index is -0.570. The van der Waals surface area contributed by atoms with E-state index in [1.54, 1.807) is 11.3 Å². The van der Waals surface area contributed by atoms with Gasteiger partial charge in [0.05, 0.1) is 5.38 Å². The first-order valence-electron chi connectivity index (χ1n) is 6.20. The lowest BCUT2D eigenvalue weighted by Gasteiger charge is -2.08. The van der Waals surface area contributed by atoms with Crippen LogP contribution in [0.25, 0.3) is 10.1 Å². The van der Waals surface area contributed by atoms with Crippen LogP contribution in [0.1, 0.15) is 15.8 Å². The van der Waals surface area contributed by atoms with Crippen LogP contribution in [0.3, 0.4) is 0 Å². The van der Waals surface area contributed by atoms with Crippen LogP contribution in [0.4, 0.5) is 8.78 Å². The minimum Gasteiger partial charge on any atom is -0.207 e. The summed E-state index contributed by atoms with van der Waals surface area (Å²) in [5, 5.41) is 0.824. The highest BCUT2D eigenvalue weighted by Gasteiger charge is 2.15. The number of benzene rings is 2. The van der Waals surface area contributed by atoms with Gasteiger partial charge in [-0.25, -0.2) is 8.78 Å². The van der Waals surface area contributed by atoms with Gasteiger partial charge in [0.2, 0.25) is 0 Å². The van der Waals surface area contributed by atoms with Gasteiger partial charge < -0.3 is 0 Å². The molecule has 0 spiro atoms. The molecule has 1 heterocycles. The lowest BCUT2D eigenvalue weighted by Crippen LogP contribution is -1.97. The Bertz CT molecular complexity index is 718. The van der Waals surface area contributed by atoms with Crippen molar-refractivity contribution in [3.63, 3.8) is 0 Å². The molecule has 0 N–H and O–H groups in total. The summed E-state index contributed by atoms with van der Waals surface area (Å²) in [7, 11) is 0. The summed E-state index contributed by atoms with van der Waals surface area (Å²) >= 11 is 7.98. The van der Waals surface area contributed by atoms with Crippen molar-refractivity contribution in [2.24, 2.45) is 0 Å². The molecule has 0 bridgehead atoms. The van der Waals surface area contributed by atoms with Crippen LogP contribution in [-0.2, 0) is 6.42 Å². The molecule has 3 rings (SSSR count). The molecule has 1 atom stereocenters. The third-order valence-corrected chi connectivity index (χ3v) is 4.92. The zero-order valence-electron chi connectivity index (χ0n) is 10.4. The summed E-state index contributed by atoms with van der Waals surface area (Å²) in [6.07, 6.45) is 0.348. The highest BCUT2D eigenvalue weighted by molar-refractivity contribution is 7.19. The number of hydrogen-bond acceptors (Lipinski definition) is 1. The first-order chi connectivity index (χ1) is 9.63. The lowest BCUT2D eigenvalue weighted by molar-refractivity contribution is 0.571. The Kier molecular flexibility index (Phi) is 3.72. The molecule has 0 amide bonds. The Morgan fingerprint density at radius 1 is 1.05 bits per heavy atom. The van der Waals surface area contributed by atoms with E-state index in [4.69, 9.17) is 11.6 Å². The average Bonchev–Trinajstić information content (AvgIpc) is 2.86. The van der Waals surface area contributed by atoms with Gasteiger partial charge in [-0.1, -0.05) is 24.3 Å². The van der Waals surface area contributed by atoms with Gasteiger partial charge in [0.25, 0.3) is 0 Å². The maximum absolute atomic E-state index is 13.6. The van der Waals surface area contributed by atoms with Crippen molar-refractivity contribution in [3.8, 4) is 0 Å². The molecule has 102 valence electrons. The third kappa shape index (κ3) is 2.69. The van der Waals surface area contributed by atoms with Crippen molar-refractivity contribution in [2.45, 2.75) is 11.8 Å². The summed E-state index contributed by atoms with van der Waals surface area (Å²) in [5.41, 5.74) is 0.434. The molecule has 0 fully saturated rings. The van der Waals surface area contributed by atoms with Gasteiger partial charge in [-0.15, -0.1) is 22.9 Å². The molecule has 0 radical (unpaired) electrons. The average molecular weight is 309 g/mol. The molecule has 0 aliphatic carbocycles. The normalized spacial score (nSPS) is 12.8. The van der Waals surface area contributed by atoms with Gasteiger partial charge >= 0.3 is 0 Å². The van der Waals surface area contributed by atoms with E-state index in [-0.39, 0.29) is 5.38 Å². The van der Waals surface area contributed by atoms with E-state index in [0.29, 0.717) is 12.0 Å². The molecule has 0 saturated heterocycles. The molecule has 4 heteroatoms. The Balaban J connectivity index is 1.86. The molecule has 3 aromatic rings. The molecule has 1 aromatic heterocycles. The topological polar surface area (TPSA) is 0 Å². The Morgan fingerprint density at radius 3 is 2.60 bits per heavy atom. The summed E-state index contributed by atoms with van der Waals surface area (Å²) in [4.78, 5) is 0.997. The molecule has 20 heavy (non-hydrogen) atoms. The standard InChI is InChI=1S/C16H11ClF2S/c17-13(7-10-5-6-12(18)9-14(10)19)16-8-11-3-1-2-4-15(11)20-16/h1-6,8-9,13H,7H2. The van der Waals surface area contributed by atoms with E-state index in [0.717, 1.165) is 21.0 Å². The summed E-state index contributed by atoms with van der Waals surface area (Å²) in [6.45, 7) is 0. The van der Waals surface area contributed by atoms with Gasteiger partial charge in [0, 0.05) is 15.6 Å². The second-order valence-electron chi connectivity index (χ2n) is 4.59. The fraction of sp³-hybridized carbons (Fsp3) is 0.125. The molecular formula is C16H11ClF2S. The van der Waals surface area contributed by atoms with Crippen LogP contribution in [0.2, 0.25) is 0 Å². The number of thiophene rings is 1. The van der Waals surface area contributed by atoms with Gasteiger partial charge in [0.15, 0.2) is 0 Å². The van der Waals surface area contributed by atoms with Crippen LogP contribution < -0.4 is 0 Å². The summed E-state index contributed by atoms with van der Waals surface area (Å²) in [5.74, 6) is -1.11. The van der Waals surface area contributed by atoms with Crippen molar-refractivity contribution < 1.29 is 8.78 Å². The third-order valence-electron chi connectivity index (χ3n) is 3.17. The van der Waals surface area contributed by atoms with Gasteiger partial charge in [-0.3, -0.25) is 0 Å². The van der Waals surface area contributed by atoms with E-state index >= 15 is 0 Å². The number of alkyl halides is 1. The van der Waals surface area contributed by atoms with E-state index in [9.17, 15) is 8.78 Å². The molecule has 0 saturated carbocycles. The Labute approximate surface area is 124 Å². The predicted molar refractivity (Wildman–Crippen MR) is 80.5 cm³/mol.